The van der Waals surface area contributed by atoms with Crippen LogP contribution in [-0.2, 0) is 21.9 Å². The Balaban J connectivity index is 1.54. The number of benzene rings is 1. The average molecular weight is 531 g/mol. The molecule has 1 aliphatic carbocycles. The maximum absolute atomic E-state index is 13.4. The van der Waals surface area contributed by atoms with Gasteiger partial charge in [-0.2, -0.15) is 0 Å². The number of fused-ring (bicyclic) bond motifs is 1. The predicted molar refractivity (Wildman–Crippen MR) is 135 cm³/mol. The van der Waals surface area contributed by atoms with E-state index in [1.54, 1.807) is 42.2 Å². The van der Waals surface area contributed by atoms with E-state index >= 15 is 0 Å². The second kappa shape index (κ2) is 8.80. The van der Waals surface area contributed by atoms with E-state index in [4.69, 9.17) is 0 Å². The lowest BCUT2D eigenvalue weighted by molar-refractivity contribution is -0.119. The number of carbonyl (C=O) groups is 1. The number of alkyl halides is 2. The van der Waals surface area contributed by atoms with Crippen molar-refractivity contribution in [2.45, 2.75) is 26.2 Å². The molecule has 0 aliphatic heterocycles. The first-order valence-electron chi connectivity index (χ1n) is 11.4. The number of carbonyl (C=O) groups excluding carboxylic acids is 1. The third kappa shape index (κ3) is 4.96. The van der Waals surface area contributed by atoms with Gasteiger partial charge < -0.3 is 20.2 Å². The summed E-state index contributed by atoms with van der Waals surface area (Å²) in [6.07, 6.45) is 2.80. The number of sulfonamides is 1. The number of halogens is 2. The van der Waals surface area contributed by atoms with Crippen molar-refractivity contribution < 1.29 is 22.0 Å². The molecular weight excluding hydrogens is 506 g/mol. The molecule has 14 heteroatoms. The summed E-state index contributed by atoms with van der Waals surface area (Å²) in [5.41, 5.74) is 3.36. The first kappa shape index (κ1) is 24.6. The first-order chi connectivity index (χ1) is 17.5. The van der Waals surface area contributed by atoms with E-state index in [0.29, 0.717) is 22.7 Å². The van der Waals surface area contributed by atoms with Gasteiger partial charge in [-0.25, -0.2) is 32.2 Å². The van der Waals surface area contributed by atoms with Crippen molar-refractivity contribution in [3.63, 3.8) is 0 Å². The number of aromatic amines is 1. The van der Waals surface area contributed by atoms with Crippen molar-refractivity contribution in [1.29, 1.82) is 0 Å². The lowest BCUT2D eigenvalue weighted by atomic mass is 10.1. The van der Waals surface area contributed by atoms with Crippen LogP contribution in [0.1, 0.15) is 19.2 Å². The Labute approximate surface area is 210 Å². The number of nitrogens with zero attached hydrogens (tertiary/aromatic N) is 4. The van der Waals surface area contributed by atoms with Gasteiger partial charge in [-0.05, 0) is 26.0 Å². The molecule has 5 rings (SSSR count). The second-order valence-corrected chi connectivity index (χ2v) is 10.9. The van der Waals surface area contributed by atoms with Crippen LogP contribution in [0.3, 0.4) is 0 Å². The third-order valence-electron chi connectivity index (χ3n) is 6.02. The first-order valence-corrected chi connectivity index (χ1v) is 13.1. The third-order valence-corrected chi connectivity index (χ3v) is 7.31. The van der Waals surface area contributed by atoms with Crippen LogP contribution in [0.25, 0.3) is 22.4 Å². The summed E-state index contributed by atoms with van der Waals surface area (Å²) in [5, 5.41) is 5.62. The Morgan fingerprint density at radius 1 is 1.22 bits per heavy atom. The minimum absolute atomic E-state index is 0.0383. The molecule has 37 heavy (non-hydrogen) atoms. The van der Waals surface area contributed by atoms with E-state index in [1.165, 1.54) is 13.0 Å². The van der Waals surface area contributed by atoms with Crippen molar-refractivity contribution >= 4 is 50.0 Å². The Bertz CT molecular complexity index is 1630. The van der Waals surface area contributed by atoms with Gasteiger partial charge in [0.2, 0.25) is 15.9 Å². The molecule has 1 amide bonds. The lowest BCUT2D eigenvalue weighted by Crippen LogP contribution is -2.18. The summed E-state index contributed by atoms with van der Waals surface area (Å²) in [5.74, 6) is -4.79. The van der Waals surface area contributed by atoms with Gasteiger partial charge in [0.25, 0.3) is 5.92 Å². The molecule has 194 valence electrons. The molecule has 0 radical (unpaired) electrons. The lowest BCUT2D eigenvalue weighted by Gasteiger charge is -2.16. The number of pyridine rings is 1. The number of anilines is 4. The summed E-state index contributed by atoms with van der Waals surface area (Å²) in [6.45, 7) is 3.25. The maximum atomic E-state index is 13.4. The number of hydrogen-bond donors (Lipinski definition) is 4. The number of aromatic nitrogens is 5. The summed E-state index contributed by atoms with van der Waals surface area (Å²) < 4.78 is 56.1. The molecule has 0 saturated heterocycles. The summed E-state index contributed by atoms with van der Waals surface area (Å²) in [4.78, 5) is 28.0. The Hall–Kier alpha value is -4.07. The topological polar surface area (TPSA) is 147 Å². The molecule has 1 atom stereocenters. The van der Waals surface area contributed by atoms with Gasteiger partial charge in [-0.1, -0.05) is 6.07 Å². The maximum Gasteiger partial charge on any atom is 0.260 e. The van der Waals surface area contributed by atoms with Crippen LogP contribution in [0.5, 0.6) is 0 Å². The van der Waals surface area contributed by atoms with Crippen LogP contribution in [0.4, 0.5) is 31.7 Å². The van der Waals surface area contributed by atoms with Gasteiger partial charge in [0.15, 0.2) is 5.65 Å². The zero-order chi connectivity index (χ0) is 26.5. The molecule has 0 spiro atoms. The largest absolute Gasteiger partial charge is 0.352 e. The zero-order valence-corrected chi connectivity index (χ0v) is 20.9. The number of imidazole rings is 2. The predicted octanol–water partition coefficient (Wildman–Crippen LogP) is 3.77. The number of amides is 1. The van der Waals surface area contributed by atoms with Crippen molar-refractivity contribution in [3.8, 4) is 11.3 Å². The van der Waals surface area contributed by atoms with Gasteiger partial charge in [0.05, 0.1) is 41.0 Å². The Morgan fingerprint density at radius 2 is 1.97 bits per heavy atom. The molecule has 1 saturated carbocycles. The molecule has 0 bridgehead atoms. The molecule has 3 aromatic heterocycles. The standard InChI is InChI=1S/C23H24F2N8O3S/c1-4-37(35,36)32-16-7-13(18-10-26-11-33(18)3)5-6-15(16)29-17-8-19(30-21-20(17)27-12(2)28-21)31-22(34)14-9-23(14,24)25/h5-8,10-11,14,32H,4,9H2,1-3H3,(H3,27,28,29,30,31,34)/t14-/m0/s1. The van der Waals surface area contributed by atoms with E-state index in [-0.39, 0.29) is 22.9 Å². The van der Waals surface area contributed by atoms with E-state index in [1.807, 2.05) is 7.05 Å². The average Bonchev–Trinajstić information content (AvgIpc) is 3.11. The number of H-pyrrole nitrogens is 1. The SMILES string of the molecule is CCS(=O)(=O)Nc1cc(-c2cncn2C)ccc1Nc1cc(NC(=O)[C@@H]2CC2(F)F)nc2nc(C)[nH]c12. The van der Waals surface area contributed by atoms with Crippen molar-refractivity contribution in [2.75, 3.05) is 21.1 Å². The van der Waals surface area contributed by atoms with Gasteiger partial charge in [0.1, 0.15) is 23.1 Å². The van der Waals surface area contributed by atoms with Crippen molar-refractivity contribution in [1.82, 2.24) is 24.5 Å². The fraction of sp³-hybridized carbons (Fsp3) is 0.304. The molecule has 1 aliphatic rings. The van der Waals surface area contributed by atoms with Crippen LogP contribution < -0.4 is 15.4 Å². The van der Waals surface area contributed by atoms with E-state index in [2.05, 4.69) is 35.3 Å². The monoisotopic (exact) mass is 530 g/mol. The molecule has 0 unspecified atom stereocenters. The van der Waals surface area contributed by atoms with E-state index < -0.39 is 34.2 Å². The van der Waals surface area contributed by atoms with Crippen LogP contribution in [0.15, 0.2) is 36.8 Å². The highest BCUT2D eigenvalue weighted by Gasteiger charge is 2.61. The second-order valence-electron chi connectivity index (χ2n) is 8.86. The zero-order valence-electron chi connectivity index (χ0n) is 20.1. The summed E-state index contributed by atoms with van der Waals surface area (Å²) in [6, 6.07) is 6.67. The van der Waals surface area contributed by atoms with Crippen LogP contribution in [-0.4, -0.2) is 50.5 Å². The summed E-state index contributed by atoms with van der Waals surface area (Å²) in [7, 11) is -1.81. The molecule has 11 nitrogen and oxygen atoms in total. The highest BCUT2D eigenvalue weighted by molar-refractivity contribution is 7.92. The quantitative estimate of drug-likeness (QED) is 0.271. The van der Waals surface area contributed by atoms with Crippen molar-refractivity contribution in [3.05, 3.63) is 42.6 Å². The smallest absolute Gasteiger partial charge is 0.260 e. The summed E-state index contributed by atoms with van der Waals surface area (Å²) >= 11 is 0. The number of hydrogen-bond acceptors (Lipinski definition) is 7. The van der Waals surface area contributed by atoms with Gasteiger partial charge in [0, 0.05) is 25.1 Å². The van der Waals surface area contributed by atoms with Crippen LogP contribution in [0, 0.1) is 12.8 Å². The highest BCUT2D eigenvalue weighted by atomic mass is 32.2. The van der Waals surface area contributed by atoms with Gasteiger partial charge in [-0.3, -0.25) is 9.52 Å². The van der Waals surface area contributed by atoms with Gasteiger partial charge in [-0.15, -0.1) is 0 Å². The number of aryl methyl sites for hydroxylation is 2. The highest BCUT2D eigenvalue weighted by Crippen LogP contribution is 2.49. The van der Waals surface area contributed by atoms with Crippen LogP contribution in [0.2, 0.25) is 0 Å². The number of rotatable bonds is 8. The normalized spacial score (nSPS) is 16.5. The Kier molecular flexibility index (Phi) is 5.85. The molecule has 1 aromatic carbocycles. The fourth-order valence-electron chi connectivity index (χ4n) is 3.89. The molecule has 4 aromatic rings. The minimum Gasteiger partial charge on any atom is -0.352 e. The van der Waals surface area contributed by atoms with Crippen molar-refractivity contribution in [2.24, 2.45) is 13.0 Å². The van der Waals surface area contributed by atoms with E-state index in [9.17, 15) is 22.0 Å². The number of nitrogens with one attached hydrogen (secondary N) is 4. The minimum atomic E-state index is -3.63. The molecule has 4 N–H and O–H groups in total. The Morgan fingerprint density at radius 3 is 2.62 bits per heavy atom. The van der Waals surface area contributed by atoms with Crippen LogP contribution >= 0.6 is 0 Å². The van der Waals surface area contributed by atoms with Gasteiger partial charge >= 0.3 is 0 Å². The fourth-order valence-corrected chi connectivity index (χ4v) is 4.54. The van der Waals surface area contributed by atoms with E-state index in [0.717, 1.165) is 11.3 Å². The molecule has 3 heterocycles. The molecule has 1 fully saturated rings. The molecular formula is C23H24F2N8O3S.